The first-order valence-electron chi connectivity index (χ1n) is 22.4. The van der Waals surface area contributed by atoms with Crippen molar-refractivity contribution in [2.24, 2.45) is 0 Å². The monoisotopic (exact) mass is 820 g/mol. The van der Waals surface area contributed by atoms with E-state index in [1.807, 2.05) is 0 Å². The Morgan fingerprint density at radius 1 is 0.469 bits per heavy atom. The van der Waals surface area contributed by atoms with Crippen molar-refractivity contribution in [3.63, 3.8) is 0 Å². The lowest BCUT2D eigenvalue weighted by molar-refractivity contribution is 0.590. The zero-order valence-electron chi connectivity index (χ0n) is 35.8. The van der Waals surface area contributed by atoms with Gasteiger partial charge in [-0.15, -0.1) is 0 Å². The molecule has 302 valence electrons. The summed E-state index contributed by atoms with van der Waals surface area (Å²) in [6.07, 6.45) is 0. The van der Waals surface area contributed by atoms with E-state index in [-0.39, 0.29) is 12.3 Å². The highest BCUT2D eigenvalue weighted by atomic mass is 16.3. The molecule has 4 nitrogen and oxygen atoms in total. The zero-order valence-corrected chi connectivity index (χ0v) is 35.8. The normalized spacial score (nSPS) is 14.5. The van der Waals surface area contributed by atoms with E-state index in [0.29, 0.717) is 0 Å². The SMILES string of the molecule is CC(C)(C)c1ccc(N2B3c4cccc5c4N(c4ccccc4C5(c4ccccc4)c4ccccc4)c4c3c(cc3c4oc4ccccc43)-c3ccc4c(oc5ccccc54)c32)cc1. The number of rotatable bonds is 3. The van der Waals surface area contributed by atoms with Crippen molar-refractivity contribution in [3.8, 4) is 11.1 Å². The second-order valence-corrected chi connectivity index (χ2v) is 18.7. The van der Waals surface area contributed by atoms with Crippen molar-refractivity contribution in [2.45, 2.75) is 31.6 Å². The third-order valence-corrected chi connectivity index (χ3v) is 14.5. The molecule has 9 aromatic carbocycles. The van der Waals surface area contributed by atoms with Gasteiger partial charge in [-0.05, 0) is 92.2 Å². The Bertz CT molecular complexity index is 3690. The van der Waals surface area contributed by atoms with Crippen LogP contribution in [0.5, 0.6) is 0 Å². The summed E-state index contributed by atoms with van der Waals surface area (Å²) in [4.78, 5) is 5.16. The summed E-state index contributed by atoms with van der Waals surface area (Å²) in [5.74, 6) is 0. The van der Waals surface area contributed by atoms with Crippen LogP contribution in [-0.4, -0.2) is 6.85 Å². The Balaban J connectivity index is 1.19. The lowest BCUT2D eigenvalue weighted by Gasteiger charge is -2.52. The van der Waals surface area contributed by atoms with E-state index < -0.39 is 5.41 Å². The highest BCUT2D eigenvalue weighted by Gasteiger charge is 2.54. The van der Waals surface area contributed by atoms with E-state index in [9.17, 15) is 0 Å². The molecule has 14 rings (SSSR count). The smallest absolute Gasteiger partial charge is 0.333 e. The van der Waals surface area contributed by atoms with Gasteiger partial charge in [-0.1, -0.05) is 172 Å². The van der Waals surface area contributed by atoms with E-state index in [1.165, 1.54) is 50.0 Å². The third kappa shape index (κ3) is 4.53. The number of fused-ring (bicyclic) bond motifs is 14. The van der Waals surface area contributed by atoms with Crippen LogP contribution < -0.4 is 20.6 Å². The average molecular weight is 821 g/mol. The van der Waals surface area contributed by atoms with E-state index in [2.05, 4.69) is 225 Å². The zero-order chi connectivity index (χ0) is 42.5. The second-order valence-electron chi connectivity index (χ2n) is 18.7. The minimum absolute atomic E-state index is 0.00749. The maximum absolute atomic E-state index is 7.18. The summed E-state index contributed by atoms with van der Waals surface area (Å²) in [6, 6.07) is 71.6. The lowest BCUT2D eigenvalue weighted by atomic mass is 9.42. The van der Waals surface area contributed by atoms with Crippen LogP contribution >= 0.6 is 0 Å². The Morgan fingerprint density at radius 2 is 1.06 bits per heavy atom. The Labute approximate surface area is 371 Å². The van der Waals surface area contributed by atoms with Crippen molar-refractivity contribution >= 4 is 90.1 Å². The molecule has 0 radical (unpaired) electrons. The number of hydrogen-bond donors (Lipinski definition) is 0. The molecule has 0 fully saturated rings. The molecule has 11 aromatic rings. The molecule has 0 bridgehead atoms. The summed E-state index contributed by atoms with van der Waals surface area (Å²) in [5.41, 5.74) is 19.5. The molecule has 0 amide bonds. The van der Waals surface area contributed by atoms with Gasteiger partial charge in [-0.25, -0.2) is 0 Å². The molecule has 0 atom stereocenters. The minimum atomic E-state index is -0.638. The Hall–Kier alpha value is -7.76. The van der Waals surface area contributed by atoms with Gasteiger partial charge in [0.15, 0.2) is 11.2 Å². The number of furan rings is 2. The maximum Gasteiger partial charge on any atom is 0.333 e. The summed E-state index contributed by atoms with van der Waals surface area (Å²) >= 11 is 0. The van der Waals surface area contributed by atoms with Gasteiger partial charge >= 0.3 is 6.85 Å². The largest absolute Gasteiger partial charge is 0.454 e. The average Bonchev–Trinajstić information content (AvgIpc) is 3.91. The first-order chi connectivity index (χ1) is 31.4. The van der Waals surface area contributed by atoms with Gasteiger partial charge in [-0.3, -0.25) is 0 Å². The molecule has 64 heavy (non-hydrogen) atoms. The van der Waals surface area contributed by atoms with Gasteiger partial charge < -0.3 is 18.5 Å². The van der Waals surface area contributed by atoms with Crippen molar-refractivity contribution in [2.75, 3.05) is 9.71 Å². The topological polar surface area (TPSA) is 32.8 Å². The minimum Gasteiger partial charge on any atom is -0.454 e. The van der Waals surface area contributed by atoms with E-state index in [0.717, 1.165) is 72.2 Å². The van der Waals surface area contributed by atoms with Crippen LogP contribution in [0.25, 0.3) is 55.0 Å². The summed E-state index contributed by atoms with van der Waals surface area (Å²) in [7, 11) is 0. The van der Waals surface area contributed by atoms with E-state index >= 15 is 0 Å². The van der Waals surface area contributed by atoms with Crippen LogP contribution in [0, 0.1) is 0 Å². The fourth-order valence-corrected chi connectivity index (χ4v) is 11.7. The molecule has 0 unspecified atom stereocenters. The Morgan fingerprint density at radius 3 is 1.75 bits per heavy atom. The number of para-hydroxylation sites is 4. The van der Waals surface area contributed by atoms with Crippen LogP contribution in [0.15, 0.2) is 203 Å². The molecule has 5 heterocycles. The molecule has 5 heteroatoms. The second kappa shape index (κ2) is 12.7. The molecular formula is C59H41BN2O2. The summed E-state index contributed by atoms with van der Waals surface area (Å²) < 4.78 is 14.3. The van der Waals surface area contributed by atoms with Crippen molar-refractivity contribution in [1.82, 2.24) is 0 Å². The lowest BCUT2D eigenvalue weighted by Crippen LogP contribution is -2.62. The maximum atomic E-state index is 7.18. The van der Waals surface area contributed by atoms with Crippen LogP contribution in [0.2, 0.25) is 0 Å². The Kier molecular flexibility index (Phi) is 7.09. The van der Waals surface area contributed by atoms with Gasteiger partial charge in [0.05, 0.1) is 22.5 Å². The van der Waals surface area contributed by atoms with Crippen molar-refractivity contribution in [3.05, 3.63) is 222 Å². The predicted octanol–water partition coefficient (Wildman–Crippen LogP) is 14.2. The van der Waals surface area contributed by atoms with Crippen LogP contribution in [0.1, 0.15) is 48.6 Å². The molecule has 0 saturated heterocycles. The van der Waals surface area contributed by atoms with Gasteiger partial charge in [0, 0.05) is 38.5 Å². The van der Waals surface area contributed by atoms with Gasteiger partial charge in [0.25, 0.3) is 0 Å². The van der Waals surface area contributed by atoms with Gasteiger partial charge in [0.2, 0.25) is 0 Å². The van der Waals surface area contributed by atoms with Gasteiger partial charge in [-0.2, -0.15) is 0 Å². The van der Waals surface area contributed by atoms with Crippen molar-refractivity contribution in [1.29, 1.82) is 0 Å². The number of benzene rings is 9. The molecule has 3 aliphatic rings. The molecule has 3 aliphatic heterocycles. The fraction of sp³-hybridized carbons (Fsp3) is 0.0847. The summed E-state index contributed by atoms with van der Waals surface area (Å²) in [5, 5.41) is 4.43. The van der Waals surface area contributed by atoms with Crippen LogP contribution in [0.3, 0.4) is 0 Å². The summed E-state index contributed by atoms with van der Waals surface area (Å²) in [6.45, 7) is 6.60. The van der Waals surface area contributed by atoms with Crippen LogP contribution in [0.4, 0.5) is 28.4 Å². The predicted molar refractivity (Wildman–Crippen MR) is 265 cm³/mol. The quantitative estimate of drug-likeness (QED) is 0.166. The molecular weight excluding hydrogens is 779 g/mol. The van der Waals surface area contributed by atoms with Crippen molar-refractivity contribution < 1.29 is 8.83 Å². The van der Waals surface area contributed by atoms with Crippen LogP contribution in [-0.2, 0) is 10.8 Å². The van der Waals surface area contributed by atoms with E-state index in [1.54, 1.807) is 0 Å². The third-order valence-electron chi connectivity index (χ3n) is 14.5. The molecule has 2 aromatic heterocycles. The fourth-order valence-electron chi connectivity index (χ4n) is 11.7. The van der Waals surface area contributed by atoms with Gasteiger partial charge in [0.1, 0.15) is 11.2 Å². The standard InChI is InChI=1S/C59H41BN2O2/c1-58(2,3)36-29-31-39(32-30-36)62-53-42(33-34-43-40-21-10-14-27-50(40)63-56(43)53)44-35-45-41-22-11-15-28-51(41)64-57(45)55-52(44)60(62)48-25-16-24-47-54(48)61(55)49-26-13-12-23-46(49)59(47,37-17-6-4-7-18-37)38-19-8-5-9-20-38/h4-35H,1-3H3. The molecule has 0 spiro atoms. The highest BCUT2D eigenvalue weighted by Crippen LogP contribution is 2.61. The number of anilines is 5. The first kappa shape index (κ1) is 35.8. The number of hydrogen-bond acceptors (Lipinski definition) is 4. The number of nitrogens with zero attached hydrogens (tertiary/aromatic N) is 2. The molecule has 0 saturated carbocycles. The molecule has 0 aliphatic carbocycles. The van der Waals surface area contributed by atoms with E-state index in [4.69, 9.17) is 8.83 Å². The molecule has 0 N–H and O–H groups in total. The first-order valence-corrected chi connectivity index (χ1v) is 22.4. The highest BCUT2D eigenvalue weighted by molar-refractivity contribution is 6.94.